The van der Waals surface area contributed by atoms with Crippen LogP contribution in [0.25, 0.3) is 22.2 Å². The van der Waals surface area contributed by atoms with Crippen LogP contribution in [0.1, 0.15) is 16.8 Å². The molecule has 5 rings (SSSR count). The van der Waals surface area contributed by atoms with Crippen LogP contribution in [0.15, 0.2) is 60.7 Å². The molecule has 0 saturated carbocycles. The second-order valence-electron chi connectivity index (χ2n) is 9.59. The Balaban J connectivity index is 1.12. The summed E-state index contributed by atoms with van der Waals surface area (Å²) in [6.45, 7) is 5.50. The molecule has 3 aromatic carbocycles. The minimum absolute atomic E-state index is 0.113. The van der Waals surface area contributed by atoms with Crippen LogP contribution in [0.3, 0.4) is 0 Å². The average molecular weight is 568 g/mol. The predicted molar refractivity (Wildman–Crippen MR) is 159 cm³/mol. The standard InChI is InChI=1S/C30H32Cl2N4O3/c1-38-23-6-3-5-22(18-23)36-13-11-35(12-14-36)10-4-9-33-30(37)20-7-8-24(29(17-20)39-2)28-16-21-15-25(31)26(32)19-27(21)34-28/h3,5-8,15-19,34H,4,9-14H2,1-2H3,(H,33,37). The number of hydrogen-bond donors (Lipinski definition) is 2. The van der Waals surface area contributed by atoms with Gasteiger partial charge < -0.3 is 24.7 Å². The molecule has 1 aromatic heterocycles. The topological polar surface area (TPSA) is 69.8 Å². The largest absolute Gasteiger partial charge is 0.497 e. The van der Waals surface area contributed by atoms with E-state index in [0.717, 1.165) is 67.1 Å². The molecule has 1 aliphatic heterocycles. The third kappa shape index (κ3) is 6.27. The van der Waals surface area contributed by atoms with E-state index in [1.54, 1.807) is 26.4 Å². The number of H-pyrrole nitrogens is 1. The fourth-order valence-electron chi connectivity index (χ4n) is 4.97. The van der Waals surface area contributed by atoms with Gasteiger partial charge in [0.15, 0.2) is 0 Å². The zero-order chi connectivity index (χ0) is 27.4. The second kappa shape index (κ2) is 12.2. The van der Waals surface area contributed by atoms with E-state index < -0.39 is 0 Å². The van der Waals surface area contributed by atoms with Crippen LogP contribution in [0.2, 0.25) is 10.0 Å². The number of ether oxygens (including phenoxy) is 2. The Labute approximate surface area is 238 Å². The van der Waals surface area contributed by atoms with Gasteiger partial charge in [0.25, 0.3) is 5.91 Å². The van der Waals surface area contributed by atoms with E-state index >= 15 is 0 Å². The number of aromatic nitrogens is 1. The quantitative estimate of drug-likeness (QED) is 0.239. The van der Waals surface area contributed by atoms with Crippen LogP contribution in [-0.2, 0) is 0 Å². The molecule has 7 nitrogen and oxygen atoms in total. The van der Waals surface area contributed by atoms with Crippen molar-refractivity contribution >= 4 is 45.7 Å². The first-order valence-corrected chi connectivity index (χ1v) is 13.8. The van der Waals surface area contributed by atoms with Gasteiger partial charge in [0, 0.05) is 66.5 Å². The molecule has 1 fully saturated rings. The van der Waals surface area contributed by atoms with Crippen molar-refractivity contribution in [1.82, 2.24) is 15.2 Å². The maximum Gasteiger partial charge on any atom is 0.251 e. The van der Waals surface area contributed by atoms with E-state index in [1.807, 2.05) is 36.4 Å². The highest BCUT2D eigenvalue weighted by Crippen LogP contribution is 2.35. The smallest absolute Gasteiger partial charge is 0.251 e. The maximum atomic E-state index is 12.8. The molecular weight excluding hydrogens is 535 g/mol. The van der Waals surface area contributed by atoms with Gasteiger partial charge in [-0.1, -0.05) is 29.3 Å². The van der Waals surface area contributed by atoms with Crippen molar-refractivity contribution in [3.05, 3.63) is 76.3 Å². The summed E-state index contributed by atoms with van der Waals surface area (Å²) in [6, 6.07) is 19.3. The highest BCUT2D eigenvalue weighted by Gasteiger charge is 2.18. The van der Waals surface area contributed by atoms with Crippen LogP contribution in [0.4, 0.5) is 5.69 Å². The normalized spacial score (nSPS) is 14.0. The average Bonchev–Trinajstić information content (AvgIpc) is 3.37. The summed E-state index contributed by atoms with van der Waals surface area (Å²) in [6.07, 6.45) is 0.889. The molecule has 0 atom stereocenters. The Morgan fingerprint density at radius 1 is 0.949 bits per heavy atom. The summed E-state index contributed by atoms with van der Waals surface area (Å²) in [4.78, 5) is 21.0. The Bertz CT molecular complexity index is 1430. The number of nitrogens with zero attached hydrogens (tertiary/aromatic N) is 2. The van der Waals surface area contributed by atoms with Crippen molar-refractivity contribution in [2.24, 2.45) is 0 Å². The lowest BCUT2D eigenvalue weighted by Gasteiger charge is -2.36. The fraction of sp³-hybridized carbons (Fsp3) is 0.300. The highest BCUT2D eigenvalue weighted by atomic mass is 35.5. The molecule has 2 N–H and O–H groups in total. The van der Waals surface area contributed by atoms with Gasteiger partial charge in [0.2, 0.25) is 0 Å². The van der Waals surface area contributed by atoms with Crippen LogP contribution in [0.5, 0.6) is 11.5 Å². The number of anilines is 1. The number of nitrogens with one attached hydrogen (secondary N) is 2. The predicted octanol–water partition coefficient (Wildman–Crippen LogP) is 6.10. The van der Waals surface area contributed by atoms with E-state index in [1.165, 1.54) is 5.69 Å². The Kier molecular flexibility index (Phi) is 8.50. The molecule has 0 radical (unpaired) electrons. The van der Waals surface area contributed by atoms with Crippen molar-refractivity contribution in [3.63, 3.8) is 0 Å². The first-order valence-electron chi connectivity index (χ1n) is 13.0. The van der Waals surface area contributed by atoms with Crippen LogP contribution in [-0.4, -0.2) is 69.3 Å². The van der Waals surface area contributed by atoms with Crippen molar-refractivity contribution in [1.29, 1.82) is 0 Å². The van der Waals surface area contributed by atoms with Crippen molar-refractivity contribution < 1.29 is 14.3 Å². The number of methoxy groups -OCH3 is 2. The van der Waals surface area contributed by atoms with E-state index in [9.17, 15) is 4.79 Å². The lowest BCUT2D eigenvalue weighted by molar-refractivity contribution is 0.0951. The van der Waals surface area contributed by atoms with Crippen molar-refractivity contribution in [3.8, 4) is 22.8 Å². The summed E-state index contributed by atoms with van der Waals surface area (Å²) in [7, 11) is 3.30. The molecule has 1 amide bonds. The summed E-state index contributed by atoms with van der Waals surface area (Å²) >= 11 is 12.3. The van der Waals surface area contributed by atoms with Gasteiger partial charge in [0.1, 0.15) is 11.5 Å². The summed E-state index contributed by atoms with van der Waals surface area (Å²) in [5.74, 6) is 1.38. The zero-order valence-corrected chi connectivity index (χ0v) is 23.6. The number of fused-ring (bicyclic) bond motifs is 1. The molecule has 1 aliphatic rings. The lowest BCUT2D eigenvalue weighted by atomic mass is 10.1. The third-order valence-corrected chi connectivity index (χ3v) is 7.87. The fourth-order valence-corrected chi connectivity index (χ4v) is 5.31. The molecule has 39 heavy (non-hydrogen) atoms. The number of benzene rings is 3. The molecular formula is C30H32Cl2N4O3. The number of carbonyl (C=O) groups is 1. The summed E-state index contributed by atoms with van der Waals surface area (Å²) in [5, 5.41) is 4.99. The summed E-state index contributed by atoms with van der Waals surface area (Å²) < 4.78 is 11.0. The molecule has 0 aliphatic carbocycles. The molecule has 2 heterocycles. The second-order valence-corrected chi connectivity index (χ2v) is 10.4. The third-order valence-electron chi connectivity index (χ3n) is 7.14. The van der Waals surface area contributed by atoms with Gasteiger partial charge in [0.05, 0.1) is 30.0 Å². The molecule has 4 aromatic rings. The van der Waals surface area contributed by atoms with Gasteiger partial charge in [-0.25, -0.2) is 0 Å². The Hall–Kier alpha value is -3.39. The number of halogens is 2. The number of piperazine rings is 1. The van der Waals surface area contributed by atoms with Crippen LogP contribution in [0, 0.1) is 0 Å². The first kappa shape index (κ1) is 27.2. The zero-order valence-electron chi connectivity index (χ0n) is 22.1. The molecule has 204 valence electrons. The Morgan fingerprint density at radius 3 is 2.51 bits per heavy atom. The molecule has 0 unspecified atom stereocenters. The van der Waals surface area contributed by atoms with Gasteiger partial charge in [-0.15, -0.1) is 0 Å². The monoisotopic (exact) mass is 566 g/mol. The van der Waals surface area contributed by atoms with Crippen LogP contribution < -0.4 is 19.7 Å². The van der Waals surface area contributed by atoms with Gasteiger partial charge in [-0.2, -0.15) is 0 Å². The van der Waals surface area contributed by atoms with E-state index in [4.69, 9.17) is 32.7 Å². The van der Waals surface area contributed by atoms with E-state index in [0.29, 0.717) is 27.9 Å². The first-order chi connectivity index (χ1) is 18.9. The number of carbonyl (C=O) groups excluding carboxylic acids is 1. The Morgan fingerprint density at radius 2 is 1.74 bits per heavy atom. The van der Waals surface area contributed by atoms with Crippen LogP contribution >= 0.6 is 23.2 Å². The lowest BCUT2D eigenvalue weighted by Crippen LogP contribution is -2.47. The summed E-state index contributed by atoms with van der Waals surface area (Å²) in [5.41, 5.74) is 4.35. The minimum atomic E-state index is -0.113. The molecule has 1 saturated heterocycles. The molecule has 0 bridgehead atoms. The maximum absolute atomic E-state index is 12.8. The van der Waals surface area contributed by atoms with Gasteiger partial charge in [-0.05, 0) is 61.5 Å². The number of amides is 1. The van der Waals surface area contributed by atoms with Gasteiger partial charge in [-0.3, -0.25) is 9.69 Å². The van der Waals surface area contributed by atoms with Gasteiger partial charge >= 0.3 is 0 Å². The van der Waals surface area contributed by atoms with E-state index in [-0.39, 0.29) is 5.91 Å². The van der Waals surface area contributed by atoms with Crippen molar-refractivity contribution in [2.75, 3.05) is 58.4 Å². The number of rotatable bonds is 9. The molecule has 9 heteroatoms. The number of aromatic amines is 1. The SMILES string of the molecule is COc1cccc(N2CCN(CCCNC(=O)c3ccc(-c4cc5cc(Cl)c(Cl)cc5[nH]4)c(OC)c3)CC2)c1. The highest BCUT2D eigenvalue weighted by molar-refractivity contribution is 6.42. The van der Waals surface area contributed by atoms with E-state index in [2.05, 4.69) is 32.2 Å². The molecule has 0 spiro atoms. The van der Waals surface area contributed by atoms with Crippen molar-refractivity contribution in [2.45, 2.75) is 6.42 Å². The number of hydrogen-bond acceptors (Lipinski definition) is 5. The minimum Gasteiger partial charge on any atom is -0.497 e.